The zero-order valence-corrected chi connectivity index (χ0v) is 15.8. The van der Waals surface area contributed by atoms with Crippen LogP contribution in [0.2, 0.25) is 0 Å². The molecule has 1 saturated heterocycles. The first-order valence-electron chi connectivity index (χ1n) is 8.77. The van der Waals surface area contributed by atoms with Crippen molar-refractivity contribution < 1.29 is 32.3 Å². The van der Waals surface area contributed by atoms with E-state index >= 15 is 0 Å². The van der Waals surface area contributed by atoms with Gasteiger partial charge < -0.3 is 26.4 Å². The van der Waals surface area contributed by atoms with Crippen molar-refractivity contribution in [3.63, 3.8) is 0 Å². The lowest BCUT2D eigenvalue weighted by molar-refractivity contribution is -0.120. The fraction of sp³-hybridized carbons (Fsp3) is 0.533. The number of aliphatic hydroxyl groups excluding tert-OH is 2. The van der Waals surface area contributed by atoms with Crippen LogP contribution < -0.4 is 16.2 Å². The Morgan fingerprint density at radius 1 is 1.31 bits per heavy atom. The molecule has 0 radical (unpaired) electrons. The Labute approximate surface area is 164 Å². The van der Waals surface area contributed by atoms with Crippen molar-refractivity contribution in [2.45, 2.75) is 43.4 Å². The van der Waals surface area contributed by atoms with Gasteiger partial charge in [-0.1, -0.05) is 0 Å². The molecule has 1 amide bonds. The first kappa shape index (κ1) is 19.9. The van der Waals surface area contributed by atoms with Crippen molar-refractivity contribution in [3.8, 4) is 0 Å². The van der Waals surface area contributed by atoms with E-state index in [0.29, 0.717) is 22.7 Å². The van der Waals surface area contributed by atoms with Gasteiger partial charge in [0, 0.05) is 12.6 Å². The molecule has 0 saturated carbocycles. The lowest BCUT2D eigenvalue weighted by atomic mass is 10.1. The number of aliphatic hydroxyl groups is 2. The Bertz CT molecular complexity index is 1060. The second kappa shape index (κ2) is 7.16. The van der Waals surface area contributed by atoms with E-state index in [0.717, 1.165) is 0 Å². The molecule has 5 atom stereocenters. The summed E-state index contributed by atoms with van der Waals surface area (Å²) in [4.78, 5) is 20.8. The van der Waals surface area contributed by atoms with E-state index < -0.39 is 53.4 Å². The van der Waals surface area contributed by atoms with Crippen LogP contribution in [0.1, 0.15) is 18.5 Å². The third kappa shape index (κ3) is 3.54. The third-order valence-corrected chi connectivity index (χ3v) is 5.80. The number of hydrogen-bond donors (Lipinski definition) is 5. The predicted molar refractivity (Wildman–Crippen MR) is 97.2 cm³/mol. The van der Waals surface area contributed by atoms with E-state index in [1.807, 2.05) is 0 Å². The van der Waals surface area contributed by atoms with Crippen LogP contribution in [0, 0.1) is 0 Å². The van der Waals surface area contributed by atoms with Gasteiger partial charge in [0.05, 0.1) is 18.3 Å². The molecule has 29 heavy (non-hydrogen) atoms. The number of carbonyl (C=O) groups excluding carboxylic acids is 1. The number of carbonyl (C=O) groups is 1. The molecule has 2 aliphatic rings. The number of aryl methyl sites for hydroxylation is 1. The zero-order chi connectivity index (χ0) is 20.9. The number of aromatic nitrogens is 3. The minimum atomic E-state index is -4.47. The summed E-state index contributed by atoms with van der Waals surface area (Å²) in [5.74, 6) is -0.593. The molecule has 4 heterocycles. The maximum Gasteiger partial charge on any atom is 0.362 e. The summed E-state index contributed by atoms with van der Waals surface area (Å²) in [5.41, 5.74) is 12.8. The Kier molecular flexibility index (Phi) is 4.92. The number of nitrogens with one attached hydrogen (secondary N) is 1. The molecule has 13 nitrogen and oxygen atoms in total. The molecule has 0 spiro atoms. The fourth-order valence-corrected chi connectivity index (χ4v) is 4.15. The summed E-state index contributed by atoms with van der Waals surface area (Å²) in [6.45, 7) is -0.635. The largest absolute Gasteiger partial charge is 0.397 e. The molecular weight excluding hydrogens is 408 g/mol. The number of nitrogens with two attached hydrogens (primary N) is 2. The monoisotopic (exact) mass is 428 g/mol. The first-order chi connectivity index (χ1) is 13.7. The highest BCUT2D eigenvalue weighted by atomic mass is 32.2. The maximum atomic E-state index is 12.1. The summed E-state index contributed by atoms with van der Waals surface area (Å²) in [5, 5.41) is 20.8. The number of pyridine rings is 1. The van der Waals surface area contributed by atoms with Gasteiger partial charge in [-0.05, 0) is 12.5 Å². The molecular formula is C15H20N6O7S. The van der Waals surface area contributed by atoms with Gasteiger partial charge in [0.15, 0.2) is 11.9 Å². The Morgan fingerprint density at radius 2 is 2.07 bits per heavy atom. The maximum absolute atomic E-state index is 12.1. The number of amides is 1. The molecule has 2 aromatic rings. The second-order valence-corrected chi connectivity index (χ2v) is 8.21. The first-order valence-corrected chi connectivity index (χ1v) is 10.2. The van der Waals surface area contributed by atoms with Gasteiger partial charge in [-0.2, -0.15) is 8.42 Å². The van der Waals surface area contributed by atoms with E-state index in [4.69, 9.17) is 20.4 Å². The van der Waals surface area contributed by atoms with E-state index in [2.05, 4.69) is 9.97 Å². The Morgan fingerprint density at radius 3 is 2.83 bits per heavy atom. The normalized spacial score (nSPS) is 32.7. The molecule has 0 aliphatic carbocycles. The van der Waals surface area contributed by atoms with Gasteiger partial charge in [-0.25, -0.2) is 14.7 Å². The highest BCUT2D eigenvalue weighted by Gasteiger charge is 2.46. The van der Waals surface area contributed by atoms with Gasteiger partial charge in [0.1, 0.15) is 29.7 Å². The lowest BCUT2D eigenvalue weighted by Gasteiger charge is -2.19. The quantitative estimate of drug-likeness (QED) is 0.291. The van der Waals surface area contributed by atoms with Crippen molar-refractivity contribution in [2.24, 2.45) is 5.73 Å². The molecule has 158 valence electrons. The fourth-order valence-electron chi connectivity index (χ4n) is 3.38. The Balaban J connectivity index is 1.82. The number of rotatable bonds is 0. The standard InChI is InChI=1S/C15H20N6O7S/c16-6-3-4-18-13-10(6)19-9-2-1-7(17)14(24)20-29(25,26)27-5-8-11(22)12(23)15(28-8)21(9)13/h3-4,7-8,11-12,15,22-23H,1-2,5,17H2,(H2,16,18)(H,20,24)/t7?,8-,11-,12-,15-/m1/s1. The molecule has 4 rings (SSSR count). The van der Waals surface area contributed by atoms with Crippen molar-refractivity contribution in [3.05, 3.63) is 18.1 Å². The number of fused-ring (bicyclic) bond motifs is 6. The molecule has 2 bridgehead atoms. The van der Waals surface area contributed by atoms with Crippen LogP contribution in [0.5, 0.6) is 0 Å². The van der Waals surface area contributed by atoms with Gasteiger partial charge >= 0.3 is 10.3 Å². The number of ether oxygens (including phenoxy) is 1. The second-order valence-electron chi connectivity index (χ2n) is 6.87. The highest BCUT2D eigenvalue weighted by Crippen LogP contribution is 2.34. The molecule has 2 aromatic heterocycles. The summed E-state index contributed by atoms with van der Waals surface area (Å²) < 4.78 is 37.4. The number of nitrogen functional groups attached to an aromatic ring is 1. The predicted octanol–water partition coefficient (Wildman–Crippen LogP) is -2.72. The Hall–Kier alpha value is -2.36. The summed E-state index contributed by atoms with van der Waals surface area (Å²) >= 11 is 0. The van der Waals surface area contributed by atoms with Crippen LogP contribution in [-0.4, -0.2) is 70.0 Å². The number of imidazole rings is 1. The SMILES string of the molecule is Nc1ccnc2c1nc1n2[C@@H]2O[C@H](COS(=O)(=O)NC(=O)C(N)CC1)[C@@H](O)[C@H]2O. The molecule has 1 fully saturated rings. The van der Waals surface area contributed by atoms with Crippen molar-refractivity contribution >= 4 is 33.1 Å². The minimum absolute atomic E-state index is 0.0272. The topological polar surface area (TPSA) is 205 Å². The van der Waals surface area contributed by atoms with Crippen LogP contribution in [0.25, 0.3) is 11.2 Å². The van der Waals surface area contributed by atoms with E-state index in [1.165, 1.54) is 10.8 Å². The number of nitrogens with zero attached hydrogens (tertiary/aromatic N) is 3. The van der Waals surface area contributed by atoms with E-state index in [-0.39, 0.29) is 12.8 Å². The van der Waals surface area contributed by atoms with Crippen LogP contribution >= 0.6 is 0 Å². The summed E-state index contributed by atoms with van der Waals surface area (Å²) in [6.07, 6.45) is -3.59. The molecule has 14 heteroatoms. The molecule has 7 N–H and O–H groups in total. The van der Waals surface area contributed by atoms with Gasteiger partial charge in [0.2, 0.25) is 0 Å². The molecule has 2 aliphatic heterocycles. The van der Waals surface area contributed by atoms with E-state index in [9.17, 15) is 23.4 Å². The number of anilines is 1. The number of hydrogen-bond acceptors (Lipinski definition) is 11. The average Bonchev–Trinajstić information content (AvgIpc) is 3.16. The summed E-state index contributed by atoms with van der Waals surface area (Å²) in [6, 6.07) is 0.393. The average molecular weight is 428 g/mol. The van der Waals surface area contributed by atoms with Crippen molar-refractivity contribution in [1.82, 2.24) is 19.3 Å². The van der Waals surface area contributed by atoms with Gasteiger partial charge in [-0.15, -0.1) is 0 Å². The lowest BCUT2D eigenvalue weighted by Crippen LogP contribution is -2.45. The van der Waals surface area contributed by atoms with Crippen LogP contribution in [0.3, 0.4) is 0 Å². The van der Waals surface area contributed by atoms with Crippen LogP contribution in [-0.2, 0) is 30.4 Å². The van der Waals surface area contributed by atoms with Crippen LogP contribution in [0.15, 0.2) is 12.3 Å². The van der Waals surface area contributed by atoms with E-state index in [1.54, 1.807) is 10.8 Å². The van der Waals surface area contributed by atoms with Crippen molar-refractivity contribution in [2.75, 3.05) is 12.3 Å². The van der Waals surface area contributed by atoms with Gasteiger partial charge in [0.25, 0.3) is 5.91 Å². The smallest absolute Gasteiger partial charge is 0.362 e. The van der Waals surface area contributed by atoms with Crippen molar-refractivity contribution in [1.29, 1.82) is 0 Å². The van der Waals surface area contributed by atoms with Crippen LogP contribution in [0.4, 0.5) is 5.69 Å². The zero-order valence-electron chi connectivity index (χ0n) is 15.0. The van der Waals surface area contributed by atoms with Gasteiger partial charge in [-0.3, -0.25) is 13.5 Å². The molecule has 1 unspecified atom stereocenters. The third-order valence-electron chi connectivity index (χ3n) is 4.90. The molecule has 0 aromatic carbocycles. The highest BCUT2D eigenvalue weighted by molar-refractivity contribution is 7.85. The summed E-state index contributed by atoms with van der Waals surface area (Å²) in [7, 11) is -4.47. The minimum Gasteiger partial charge on any atom is -0.397 e.